The first-order valence-electron chi connectivity index (χ1n) is 9.02. The summed E-state index contributed by atoms with van der Waals surface area (Å²) in [6.07, 6.45) is 1.93. The number of amides is 1. The van der Waals surface area contributed by atoms with Crippen LogP contribution in [0.25, 0.3) is 6.08 Å². The topological polar surface area (TPSA) is 41.9 Å². The van der Waals surface area contributed by atoms with Gasteiger partial charge in [-0.15, -0.1) is 0 Å². The molecule has 1 aliphatic heterocycles. The van der Waals surface area contributed by atoms with E-state index in [-0.39, 0.29) is 5.91 Å². The fourth-order valence-corrected chi connectivity index (χ4v) is 3.74. The molecule has 0 N–H and O–H groups in total. The summed E-state index contributed by atoms with van der Waals surface area (Å²) in [5.74, 6) is 0.461. The van der Waals surface area contributed by atoms with E-state index < -0.39 is 0 Å². The van der Waals surface area contributed by atoms with E-state index in [4.69, 9.17) is 4.74 Å². The Kier molecular flexibility index (Phi) is 6.48. The summed E-state index contributed by atoms with van der Waals surface area (Å²) < 4.78 is 5.16. The van der Waals surface area contributed by atoms with Crippen LogP contribution >= 0.6 is 11.8 Å². The Hall–Kier alpha value is -2.37. The minimum absolute atomic E-state index is 0.0281. The minimum Gasteiger partial charge on any atom is -0.383 e. The molecule has 0 atom stereocenters. The third-order valence-electron chi connectivity index (χ3n) is 4.29. The van der Waals surface area contributed by atoms with E-state index in [1.54, 1.807) is 12.0 Å². The van der Waals surface area contributed by atoms with Gasteiger partial charge in [0.25, 0.3) is 5.91 Å². The van der Waals surface area contributed by atoms with Gasteiger partial charge in [0.15, 0.2) is 5.17 Å². The third-order valence-corrected chi connectivity index (χ3v) is 5.30. The van der Waals surface area contributed by atoms with Crippen LogP contribution in [0.1, 0.15) is 30.9 Å². The van der Waals surface area contributed by atoms with Crippen LogP contribution in [0.2, 0.25) is 0 Å². The fourth-order valence-electron chi connectivity index (χ4n) is 2.71. The van der Waals surface area contributed by atoms with Crippen molar-refractivity contribution in [2.75, 3.05) is 20.3 Å². The lowest BCUT2D eigenvalue weighted by Crippen LogP contribution is -2.32. The average molecular weight is 381 g/mol. The maximum atomic E-state index is 12.9. The maximum Gasteiger partial charge on any atom is 0.266 e. The van der Waals surface area contributed by atoms with Crippen molar-refractivity contribution in [1.82, 2.24) is 4.90 Å². The zero-order chi connectivity index (χ0) is 19.2. The summed E-state index contributed by atoms with van der Waals surface area (Å²) in [4.78, 5) is 19.9. The van der Waals surface area contributed by atoms with Crippen LogP contribution in [0, 0.1) is 0 Å². The van der Waals surface area contributed by atoms with E-state index in [1.807, 2.05) is 36.4 Å². The molecule has 2 aromatic carbocycles. The highest BCUT2D eigenvalue weighted by molar-refractivity contribution is 8.18. The Balaban J connectivity index is 1.88. The van der Waals surface area contributed by atoms with Crippen LogP contribution in [0.5, 0.6) is 0 Å². The number of carbonyl (C=O) groups is 1. The standard InChI is InChI=1S/C22H24N2O2S/c1-16(2)18-11-9-17(10-12-18)15-20-21(25)24(13-14-26-3)22(27-20)23-19-7-5-4-6-8-19/h4-12,15-16H,13-14H2,1-3H3. The van der Waals surface area contributed by atoms with Gasteiger partial charge in [0, 0.05) is 7.11 Å². The molecule has 0 aliphatic carbocycles. The monoisotopic (exact) mass is 380 g/mol. The van der Waals surface area contributed by atoms with Gasteiger partial charge >= 0.3 is 0 Å². The number of benzene rings is 2. The van der Waals surface area contributed by atoms with Crippen molar-refractivity contribution < 1.29 is 9.53 Å². The number of carbonyl (C=O) groups excluding carboxylic acids is 1. The number of hydrogen-bond donors (Lipinski definition) is 0. The Labute approximate surface area is 164 Å². The average Bonchev–Trinajstić information content (AvgIpc) is 2.96. The second-order valence-electron chi connectivity index (χ2n) is 6.61. The van der Waals surface area contributed by atoms with Crippen molar-refractivity contribution in [2.24, 2.45) is 4.99 Å². The molecule has 5 heteroatoms. The SMILES string of the molecule is COCCN1C(=O)C(=Cc2ccc(C(C)C)cc2)SC1=Nc1ccccc1. The highest BCUT2D eigenvalue weighted by Gasteiger charge is 2.33. The smallest absolute Gasteiger partial charge is 0.266 e. The molecule has 140 valence electrons. The molecule has 0 spiro atoms. The molecular formula is C22H24N2O2S. The van der Waals surface area contributed by atoms with E-state index in [1.165, 1.54) is 17.3 Å². The third kappa shape index (κ3) is 4.87. The molecule has 27 heavy (non-hydrogen) atoms. The number of amidine groups is 1. The van der Waals surface area contributed by atoms with Gasteiger partial charge in [-0.1, -0.05) is 56.3 Å². The molecule has 1 amide bonds. The van der Waals surface area contributed by atoms with Crippen LogP contribution in [0.4, 0.5) is 5.69 Å². The Morgan fingerprint density at radius 1 is 1.11 bits per heavy atom. The summed E-state index contributed by atoms with van der Waals surface area (Å²) in [5.41, 5.74) is 3.14. The Morgan fingerprint density at radius 3 is 2.44 bits per heavy atom. The van der Waals surface area contributed by atoms with E-state index >= 15 is 0 Å². The molecule has 1 fully saturated rings. The van der Waals surface area contributed by atoms with E-state index in [0.29, 0.717) is 29.1 Å². The van der Waals surface area contributed by atoms with Crippen LogP contribution in [-0.4, -0.2) is 36.2 Å². The molecule has 1 aliphatic rings. The first-order valence-corrected chi connectivity index (χ1v) is 9.84. The van der Waals surface area contributed by atoms with Crippen LogP contribution < -0.4 is 0 Å². The molecule has 0 bridgehead atoms. The van der Waals surface area contributed by atoms with Crippen LogP contribution in [-0.2, 0) is 9.53 Å². The molecule has 0 radical (unpaired) electrons. The molecule has 3 rings (SSSR count). The number of para-hydroxylation sites is 1. The lowest BCUT2D eigenvalue weighted by Gasteiger charge is -2.14. The predicted molar refractivity (Wildman–Crippen MR) is 113 cm³/mol. The van der Waals surface area contributed by atoms with Crippen molar-refractivity contribution in [3.8, 4) is 0 Å². The molecule has 0 unspecified atom stereocenters. The first kappa shape index (κ1) is 19.4. The zero-order valence-electron chi connectivity index (χ0n) is 15.9. The lowest BCUT2D eigenvalue weighted by atomic mass is 10.0. The minimum atomic E-state index is -0.0281. The molecule has 4 nitrogen and oxygen atoms in total. The number of aliphatic imine (C=N–C) groups is 1. The van der Waals surface area contributed by atoms with Crippen molar-refractivity contribution in [2.45, 2.75) is 19.8 Å². The normalized spacial score (nSPS) is 17.5. The van der Waals surface area contributed by atoms with E-state index in [9.17, 15) is 4.79 Å². The molecule has 0 saturated carbocycles. The van der Waals surface area contributed by atoms with E-state index in [0.717, 1.165) is 11.3 Å². The number of methoxy groups -OCH3 is 1. The number of hydrogen-bond acceptors (Lipinski definition) is 4. The molecule has 1 saturated heterocycles. The number of nitrogens with zero attached hydrogens (tertiary/aromatic N) is 2. The van der Waals surface area contributed by atoms with Crippen LogP contribution in [0.3, 0.4) is 0 Å². The first-order chi connectivity index (χ1) is 13.1. The summed E-state index contributed by atoms with van der Waals surface area (Å²) in [5, 5.41) is 0.688. The molecule has 0 aromatic heterocycles. The fraction of sp³-hybridized carbons (Fsp3) is 0.273. The summed E-state index contributed by atoms with van der Waals surface area (Å²) >= 11 is 1.41. The van der Waals surface area contributed by atoms with Crippen LogP contribution in [0.15, 0.2) is 64.5 Å². The van der Waals surface area contributed by atoms with Gasteiger partial charge in [0.05, 0.1) is 23.7 Å². The highest BCUT2D eigenvalue weighted by Crippen LogP contribution is 2.34. The zero-order valence-corrected chi connectivity index (χ0v) is 16.7. The van der Waals surface area contributed by atoms with Crippen molar-refractivity contribution in [3.05, 3.63) is 70.6 Å². The Bertz CT molecular complexity index is 842. The van der Waals surface area contributed by atoms with Gasteiger partial charge < -0.3 is 4.74 Å². The van der Waals surface area contributed by atoms with Gasteiger partial charge in [0.1, 0.15) is 0 Å². The number of thioether (sulfide) groups is 1. The largest absolute Gasteiger partial charge is 0.383 e. The molecule has 2 aromatic rings. The summed E-state index contributed by atoms with van der Waals surface area (Å²) in [7, 11) is 1.63. The molecule has 1 heterocycles. The maximum absolute atomic E-state index is 12.9. The highest BCUT2D eigenvalue weighted by atomic mass is 32.2. The molecular weight excluding hydrogens is 356 g/mol. The second-order valence-corrected chi connectivity index (χ2v) is 7.62. The van der Waals surface area contributed by atoms with E-state index in [2.05, 4.69) is 43.1 Å². The number of rotatable bonds is 6. The lowest BCUT2D eigenvalue weighted by molar-refractivity contribution is -0.122. The van der Waals surface area contributed by atoms with Gasteiger partial charge in [0.2, 0.25) is 0 Å². The summed E-state index contributed by atoms with van der Waals surface area (Å²) in [6.45, 7) is 5.29. The second kappa shape index (κ2) is 9.02. The van der Waals surface area contributed by atoms with Crippen molar-refractivity contribution in [1.29, 1.82) is 0 Å². The number of ether oxygens (including phenoxy) is 1. The summed E-state index contributed by atoms with van der Waals surface area (Å²) in [6, 6.07) is 18.0. The van der Waals surface area contributed by atoms with Gasteiger partial charge in [-0.3, -0.25) is 9.69 Å². The van der Waals surface area contributed by atoms with Gasteiger partial charge in [-0.25, -0.2) is 4.99 Å². The Morgan fingerprint density at radius 2 is 1.81 bits per heavy atom. The van der Waals surface area contributed by atoms with Crippen molar-refractivity contribution >= 4 is 34.6 Å². The van der Waals surface area contributed by atoms with Crippen molar-refractivity contribution in [3.63, 3.8) is 0 Å². The predicted octanol–water partition coefficient (Wildman–Crippen LogP) is 5.06. The van der Waals surface area contributed by atoms with Gasteiger partial charge in [-0.2, -0.15) is 0 Å². The quantitative estimate of drug-likeness (QED) is 0.658. The van der Waals surface area contributed by atoms with Gasteiger partial charge in [-0.05, 0) is 47.0 Å².